The van der Waals surface area contributed by atoms with E-state index >= 15 is 0 Å². The van der Waals surface area contributed by atoms with Gasteiger partial charge in [-0.2, -0.15) is 0 Å². The summed E-state index contributed by atoms with van der Waals surface area (Å²) in [4.78, 5) is 3.88. The first kappa shape index (κ1) is 13.1. The van der Waals surface area contributed by atoms with Gasteiger partial charge in [0.25, 0.3) is 0 Å². The Morgan fingerprint density at radius 2 is 2.06 bits per heavy atom. The average molecular weight is 288 g/mol. The van der Waals surface area contributed by atoms with Crippen LogP contribution >= 0.6 is 23.2 Å². The van der Waals surface area contributed by atoms with Gasteiger partial charge in [0.1, 0.15) is 0 Å². The molecular formula is C12H8Cl2FNO2. The van der Waals surface area contributed by atoms with Crippen molar-refractivity contribution in [3.63, 3.8) is 0 Å². The zero-order valence-corrected chi connectivity index (χ0v) is 10.5. The topological polar surface area (TPSA) is 42.4 Å². The SMILES string of the molecule is OCc1cc(Oc2cccc(Cl)c2F)ncc1Cl. The Balaban J connectivity index is 2.31. The molecule has 0 atom stereocenters. The highest BCUT2D eigenvalue weighted by molar-refractivity contribution is 6.31. The molecule has 0 aliphatic rings. The van der Waals surface area contributed by atoms with Crippen molar-refractivity contribution >= 4 is 23.2 Å². The Bertz CT molecular complexity index is 578. The molecule has 1 aromatic carbocycles. The maximum Gasteiger partial charge on any atom is 0.219 e. The summed E-state index contributed by atoms with van der Waals surface area (Å²) >= 11 is 11.4. The fourth-order valence-corrected chi connectivity index (χ4v) is 1.64. The van der Waals surface area contributed by atoms with E-state index in [0.717, 1.165) is 0 Å². The molecule has 0 fully saturated rings. The summed E-state index contributed by atoms with van der Waals surface area (Å²) in [7, 11) is 0. The lowest BCUT2D eigenvalue weighted by Gasteiger charge is -2.08. The third kappa shape index (κ3) is 2.72. The molecule has 0 amide bonds. The third-order valence-corrected chi connectivity index (χ3v) is 2.84. The second-order valence-corrected chi connectivity index (χ2v) is 4.24. The minimum absolute atomic E-state index is 0.0381. The van der Waals surface area contributed by atoms with Gasteiger partial charge in [0.15, 0.2) is 11.6 Å². The first-order valence-electron chi connectivity index (χ1n) is 4.99. The Kier molecular flexibility index (Phi) is 4.01. The quantitative estimate of drug-likeness (QED) is 0.933. The summed E-state index contributed by atoms with van der Waals surface area (Å²) in [5.74, 6) is -0.577. The minimum atomic E-state index is -0.665. The molecule has 2 rings (SSSR count). The summed E-state index contributed by atoms with van der Waals surface area (Å²) in [6, 6.07) is 5.83. The van der Waals surface area contributed by atoms with E-state index in [4.69, 9.17) is 33.0 Å². The molecule has 0 radical (unpaired) electrons. The number of hydrogen-bond acceptors (Lipinski definition) is 3. The monoisotopic (exact) mass is 287 g/mol. The van der Waals surface area contributed by atoms with Crippen LogP contribution in [-0.4, -0.2) is 10.1 Å². The van der Waals surface area contributed by atoms with E-state index in [1.165, 1.54) is 24.4 Å². The van der Waals surface area contributed by atoms with Gasteiger partial charge in [-0.3, -0.25) is 0 Å². The molecule has 2 aromatic rings. The molecule has 1 aromatic heterocycles. The van der Waals surface area contributed by atoms with Crippen LogP contribution in [0.15, 0.2) is 30.5 Å². The van der Waals surface area contributed by atoms with Crippen LogP contribution in [0.5, 0.6) is 11.6 Å². The molecule has 0 bridgehead atoms. The van der Waals surface area contributed by atoms with Crippen molar-refractivity contribution < 1.29 is 14.2 Å². The van der Waals surface area contributed by atoms with Crippen LogP contribution in [-0.2, 0) is 6.61 Å². The van der Waals surface area contributed by atoms with Crippen molar-refractivity contribution in [2.75, 3.05) is 0 Å². The first-order valence-corrected chi connectivity index (χ1v) is 5.74. The lowest BCUT2D eigenvalue weighted by molar-refractivity contribution is 0.281. The van der Waals surface area contributed by atoms with E-state index in [1.54, 1.807) is 6.07 Å². The second-order valence-electron chi connectivity index (χ2n) is 3.43. The van der Waals surface area contributed by atoms with Crippen molar-refractivity contribution in [3.05, 3.63) is 51.9 Å². The molecule has 1 heterocycles. The predicted octanol–water partition coefficient (Wildman–Crippen LogP) is 3.81. The Morgan fingerprint density at radius 1 is 1.28 bits per heavy atom. The fourth-order valence-electron chi connectivity index (χ4n) is 1.31. The van der Waals surface area contributed by atoms with E-state index < -0.39 is 5.82 Å². The van der Waals surface area contributed by atoms with Crippen molar-refractivity contribution in [3.8, 4) is 11.6 Å². The molecule has 94 valence electrons. The highest BCUT2D eigenvalue weighted by Gasteiger charge is 2.10. The second kappa shape index (κ2) is 5.52. The van der Waals surface area contributed by atoms with Gasteiger partial charge in [0.2, 0.25) is 5.88 Å². The van der Waals surface area contributed by atoms with E-state index in [1.807, 2.05) is 0 Å². The lowest BCUT2D eigenvalue weighted by atomic mass is 10.3. The number of pyridine rings is 1. The van der Waals surface area contributed by atoms with E-state index in [0.29, 0.717) is 10.6 Å². The van der Waals surface area contributed by atoms with Gasteiger partial charge in [-0.05, 0) is 12.1 Å². The van der Waals surface area contributed by atoms with Crippen LogP contribution in [0.25, 0.3) is 0 Å². The van der Waals surface area contributed by atoms with Gasteiger partial charge >= 0.3 is 0 Å². The number of aliphatic hydroxyl groups is 1. The van der Waals surface area contributed by atoms with Gasteiger partial charge in [-0.25, -0.2) is 9.37 Å². The number of aromatic nitrogens is 1. The normalized spacial score (nSPS) is 10.4. The van der Waals surface area contributed by atoms with Gasteiger partial charge in [0.05, 0.1) is 16.7 Å². The van der Waals surface area contributed by atoms with Gasteiger partial charge in [-0.15, -0.1) is 0 Å². The molecule has 0 aliphatic heterocycles. The maximum absolute atomic E-state index is 13.6. The first-order chi connectivity index (χ1) is 8.61. The zero-order chi connectivity index (χ0) is 13.1. The highest BCUT2D eigenvalue weighted by atomic mass is 35.5. The molecule has 0 spiro atoms. The predicted molar refractivity (Wildman–Crippen MR) is 66.7 cm³/mol. The summed E-state index contributed by atoms with van der Waals surface area (Å²) in [6.45, 7) is -0.254. The van der Waals surface area contributed by atoms with Crippen LogP contribution in [0.2, 0.25) is 10.0 Å². The molecule has 0 saturated heterocycles. The summed E-state index contributed by atoms with van der Waals surface area (Å²) < 4.78 is 18.8. The molecule has 6 heteroatoms. The summed E-state index contributed by atoms with van der Waals surface area (Å²) in [5.41, 5.74) is 0.448. The smallest absolute Gasteiger partial charge is 0.219 e. The fraction of sp³-hybridized carbons (Fsp3) is 0.0833. The zero-order valence-electron chi connectivity index (χ0n) is 9.03. The maximum atomic E-state index is 13.6. The Labute approximate surface area is 113 Å². The molecule has 0 saturated carbocycles. The molecular weight excluding hydrogens is 280 g/mol. The lowest BCUT2D eigenvalue weighted by Crippen LogP contribution is -1.94. The van der Waals surface area contributed by atoms with Gasteiger partial charge in [-0.1, -0.05) is 29.3 Å². The standard InChI is InChI=1S/C12H8Cl2FNO2/c13-8-2-1-3-10(12(8)15)18-11-4-7(6-17)9(14)5-16-11/h1-5,17H,6H2. The van der Waals surface area contributed by atoms with Gasteiger partial charge in [0, 0.05) is 17.8 Å². The van der Waals surface area contributed by atoms with Crippen LogP contribution in [0.3, 0.4) is 0 Å². The van der Waals surface area contributed by atoms with Crippen LogP contribution in [0.4, 0.5) is 4.39 Å². The Hall–Kier alpha value is -1.36. The molecule has 18 heavy (non-hydrogen) atoms. The summed E-state index contributed by atoms with van der Waals surface area (Å²) in [6.07, 6.45) is 1.32. The van der Waals surface area contributed by atoms with Crippen molar-refractivity contribution in [2.24, 2.45) is 0 Å². The number of nitrogens with zero attached hydrogens (tertiary/aromatic N) is 1. The molecule has 3 nitrogen and oxygen atoms in total. The number of rotatable bonds is 3. The summed E-state index contributed by atoms with van der Waals surface area (Å²) in [5, 5.41) is 9.32. The Morgan fingerprint density at radius 3 is 2.78 bits per heavy atom. The number of ether oxygens (including phenoxy) is 1. The van der Waals surface area contributed by atoms with E-state index in [2.05, 4.69) is 4.98 Å². The largest absolute Gasteiger partial charge is 0.436 e. The van der Waals surface area contributed by atoms with Crippen molar-refractivity contribution in [1.82, 2.24) is 4.98 Å². The molecule has 0 aliphatic carbocycles. The van der Waals surface area contributed by atoms with Crippen molar-refractivity contribution in [2.45, 2.75) is 6.61 Å². The van der Waals surface area contributed by atoms with Crippen LogP contribution < -0.4 is 4.74 Å². The van der Waals surface area contributed by atoms with Gasteiger partial charge < -0.3 is 9.84 Å². The van der Waals surface area contributed by atoms with Crippen LogP contribution in [0.1, 0.15) is 5.56 Å². The van der Waals surface area contributed by atoms with E-state index in [-0.39, 0.29) is 23.3 Å². The average Bonchev–Trinajstić information content (AvgIpc) is 2.37. The van der Waals surface area contributed by atoms with E-state index in [9.17, 15) is 4.39 Å². The van der Waals surface area contributed by atoms with Crippen molar-refractivity contribution in [1.29, 1.82) is 0 Å². The number of halogens is 3. The molecule has 1 N–H and O–H groups in total. The number of aliphatic hydroxyl groups excluding tert-OH is 1. The van der Waals surface area contributed by atoms with Crippen LogP contribution in [0, 0.1) is 5.82 Å². The number of hydrogen-bond donors (Lipinski definition) is 1. The highest BCUT2D eigenvalue weighted by Crippen LogP contribution is 2.29. The molecule has 0 unspecified atom stereocenters. The minimum Gasteiger partial charge on any atom is -0.436 e. The third-order valence-electron chi connectivity index (χ3n) is 2.21. The number of benzene rings is 1.